The van der Waals surface area contributed by atoms with Crippen molar-refractivity contribution in [2.24, 2.45) is 17.6 Å². The summed E-state index contributed by atoms with van der Waals surface area (Å²) in [6, 6.07) is 2.30. The van der Waals surface area contributed by atoms with Crippen LogP contribution in [0.1, 0.15) is 44.5 Å². The first kappa shape index (κ1) is 14.8. The average molecular weight is 279 g/mol. The van der Waals surface area contributed by atoms with Crippen molar-refractivity contribution in [3.63, 3.8) is 0 Å². The minimum Gasteiger partial charge on any atom is -0.327 e. The minimum atomic E-state index is 0.282. The lowest BCUT2D eigenvalue weighted by atomic mass is 9.79. The fourth-order valence-corrected chi connectivity index (χ4v) is 4.12. The summed E-state index contributed by atoms with van der Waals surface area (Å²) in [4.78, 5) is 9.06. The number of thioether (sulfide) groups is 1. The predicted molar refractivity (Wildman–Crippen MR) is 81.3 cm³/mol. The van der Waals surface area contributed by atoms with Crippen LogP contribution < -0.4 is 5.73 Å². The lowest BCUT2D eigenvalue weighted by Crippen LogP contribution is -2.39. The molecule has 2 N–H and O–H groups in total. The standard InChI is InChI=1S/C15H25N3S/c1-9(2)12-5-6-13(16)14(8-12)19-15-17-10(3)7-11(4)18-15/h7,9,12-14H,5-6,8,16H2,1-4H3. The molecule has 0 aromatic carbocycles. The van der Waals surface area contributed by atoms with Gasteiger partial charge in [-0.25, -0.2) is 9.97 Å². The van der Waals surface area contributed by atoms with E-state index in [2.05, 4.69) is 23.8 Å². The Morgan fingerprint density at radius 3 is 2.42 bits per heavy atom. The van der Waals surface area contributed by atoms with Crippen molar-refractivity contribution in [3.05, 3.63) is 17.5 Å². The van der Waals surface area contributed by atoms with Crippen molar-refractivity contribution >= 4 is 11.8 Å². The maximum atomic E-state index is 6.29. The molecule has 1 aromatic rings. The zero-order valence-corrected chi connectivity index (χ0v) is 13.2. The van der Waals surface area contributed by atoms with E-state index >= 15 is 0 Å². The van der Waals surface area contributed by atoms with Gasteiger partial charge >= 0.3 is 0 Å². The minimum absolute atomic E-state index is 0.282. The van der Waals surface area contributed by atoms with Gasteiger partial charge in [0.15, 0.2) is 5.16 Å². The highest BCUT2D eigenvalue weighted by Gasteiger charge is 2.31. The first-order valence-electron chi connectivity index (χ1n) is 7.20. The summed E-state index contributed by atoms with van der Waals surface area (Å²) in [7, 11) is 0. The number of nitrogens with zero attached hydrogens (tertiary/aromatic N) is 2. The van der Waals surface area contributed by atoms with E-state index < -0.39 is 0 Å². The van der Waals surface area contributed by atoms with Crippen LogP contribution in [0, 0.1) is 25.7 Å². The van der Waals surface area contributed by atoms with E-state index in [1.54, 1.807) is 11.8 Å². The number of hydrogen-bond donors (Lipinski definition) is 1. The van der Waals surface area contributed by atoms with E-state index in [-0.39, 0.29) is 6.04 Å². The molecule has 19 heavy (non-hydrogen) atoms. The average Bonchev–Trinajstić information content (AvgIpc) is 2.30. The molecular formula is C15H25N3S. The van der Waals surface area contributed by atoms with Crippen LogP contribution in [0.4, 0.5) is 0 Å². The van der Waals surface area contributed by atoms with Crippen molar-refractivity contribution in [2.45, 2.75) is 63.4 Å². The Morgan fingerprint density at radius 2 is 1.84 bits per heavy atom. The van der Waals surface area contributed by atoms with Crippen LogP contribution in [-0.2, 0) is 0 Å². The molecule has 1 aromatic heterocycles. The Kier molecular flexibility index (Phi) is 4.85. The molecule has 106 valence electrons. The normalized spacial score (nSPS) is 27.8. The highest BCUT2D eigenvalue weighted by Crippen LogP contribution is 2.37. The Labute approximate surface area is 120 Å². The summed E-state index contributed by atoms with van der Waals surface area (Å²) in [5, 5.41) is 1.35. The molecule has 4 heteroatoms. The molecular weight excluding hydrogens is 254 g/mol. The van der Waals surface area contributed by atoms with Gasteiger partial charge in [-0.15, -0.1) is 0 Å². The van der Waals surface area contributed by atoms with Crippen LogP contribution in [0.3, 0.4) is 0 Å². The Balaban J connectivity index is 2.07. The van der Waals surface area contributed by atoms with E-state index in [1.165, 1.54) is 12.8 Å². The third-order valence-corrected chi connectivity index (χ3v) is 5.28. The molecule has 1 fully saturated rings. The summed E-state index contributed by atoms with van der Waals surface area (Å²) < 4.78 is 0. The quantitative estimate of drug-likeness (QED) is 0.862. The SMILES string of the molecule is Cc1cc(C)nc(SC2CC(C(C)C)CCC2N)n1. The summed E-state index contributed by atoms with van der Waals surface area (Å²) in [5.74, 6) is 1.54. The molecule has 1 aliphatic rings. The van der Waals surface area contributed by atoms with Crippen molar-refractivity contribution in [3.8, 4) is 0 Å². The number of hydrogen-bond acceptors (Lipinski definition) is 4. The second-order valence-electron chi connectivity index (χ2n) is 6.07. The van der Waals surface area contributed by atoms with Gasteiger partial charge in [0.25, 0.3) is 0 Å². The number of aromatic nitrogens is 2. The fraction of sp³-hybridized carbons (Fsp3) is 0.733. The first-order valence-corrected chi connectivity index (χ1v) is 8.08. The van der Waals surface area contributed by atoms with Crippen LogP contribution in [-0.4, -0.2) is 21.3 Å². The lowest BCUT2D eigenvalue weighted by Gasteiger charge is -2.35. The van der Waals surface area contributed by atoms with Gasteiger partial charge < -0.3 is 5.73 Å². The summed E-state index contributed by atoms with van der Waals surface area (Å²) >= 11 is 1.77. The molecule has 0 saturated heterocycles. The summed E-state index contributed by atoms with van der Waals surface area (Å²) in [6.07, 6.45) is 3.59. The zero-order valence-electron chi connectivity index (χ0n) is 12.4. The Bertz CT molecular complexity index is 413. The van der Waals surface area contributed by atoms with Gasteiger partial charge in [-0.05, 0) is 51.0 Å². The van der Waals surface area contributed by atoms with Crippen molar-refractivity contribution in [1.29, 1.82) is 0 Å². The van der Waals surface area contributed by atoms with Gasteiger partial charge in [0.2, 0.25) is 0 Å². The molecule has 3 nitrogen and oxygen atoms in total. The molecule has 0 bridgehead atoms. The lowest BCUT2D eigenvalue weighted by molar-refractivity contribution is 0.266. The van der Waals surface area contributed by atoms with E-state index in [4.69, 9.17) is 5.73 Å². The van der Waals surface area contributed by atoms with Gasteiger partial charge in [-0.1, -0.05) is 25.6 Å². The van der Waals surface area contributed by atoms with Gasteiger partial charge in [-0.2, -0.15) is 0 Å². The second-order valence-corrected chi connectivity index (χ2v) is 7.28. The highest BCUT2D eigenvalue weighted by molar-refractivity contribution is 7.99. The number of rotatable bonds is 3. The molecule has 1 aliphatic carbocycles. The van der Waals surface area contributed by atoms with E-state index in [1.807, 2.05) is 19.9 Å². The molecule has 1 heterocycles. The van der Waals surface area contributed by atoms with Crippen LogP contribution in [0.15, 0.2) is 11.2 Å². The van der Waals surface area contributed by atoms with Gasteiger partial charge in [0.1, 0.15) is 0 Å². The molecule has 3 atom stereocenters. The third kappa shape index (κ3) is 3.93. The molecule has 2 rings (SSSR count). The van der Waals surface area contributed by atoms with E-state index in [9.17, 15) is 0 Å². The molecule has 0 spiro atoms. The highest BCUT2D eigenvalue weighted by atomic mass is 32.2. The Hall–Kier alpha value is -0.610. The van der Waals surface area contributed by atoms with E-state index in [0.717, 1.165) is 34.8 Å². The largest absolute Gasteiger partial charge is 0.327 e. The molecule has 0 aliphatic heterocycles. The fourth-order valence-electron chi connectivity index (χ4n) is 2.81. The summed E-state index contributed by atoms with van der Waals surface area (Å²) in [5.41, 5.74) is 8.37. The second kappa shape index (κ2) is 6.23. The van der Waals surface area contributed by atoms with Crippen molar-refractivity contribution in [1.82, 2.24) is 9.97 Å². The third-order valence-electron chi connectivity index (χ3n) is 4.04. The molecule has 0 radical (unpaired) electrons. The van der Waals surface area contributed by atoms with Crippen LogP contribution in [0.2, 0.25) is 0 Å². The van der Waals surface area contributed by atoms with E-state index in [0.29, 0.717) is 5.25 Å². The smallest absolute Gasteiger partial charge is 0.188 e. The van der Waals surface area contributed by atoms with Crippen LogP contribution in [0.5, 0.6) is 0 Å². The maximum absolute atomic E-state index is 6.29. The van der Waals surface area contributed by atoms with Gasteiger partial charge in [-0.3, -0.25) is 0 Å². The number of aryl methyl sites for hydroxylation is 2. The Morgan fingerprint density at radius 1 is 1.21 bits per heavy atom. The van der Waals surface area contributed by atoms with Crippen LogP contribution >= 0.6 is 11.8 Å². The van der Waals surface area contributed by atoms with Gasteiger partial charge in [0.05, 0.1) is 0 Å². The summed E-state index contributed by atoms with van der Waals surface area (Å²) in [6.45, 7) is 8.68. The van der Waals surface area contributed by atoms with Gasteiger partial charge in [0, 0.05) is 22.7 Å². The molecule has 1 saturated carbocycles. The van der Waals surface area contributed by atoms with Crippen LogP contribution in [0.25, 0.3) is 0 Å². The van der Waals surface area contributed by atoms with Crippen molar-refractivity contribution < 1.29 is 0 Å². The van der Waals surface area contributed by atoms with Crippen molar-refractivity contribution in [2.75, 3.05) is 0 Å². The number of nitrogens with two attached hydrogens (primary N) is 1. The predicted octanol–water partition coefficient (Wildman–Crippen LogP) is 3.34. The monoisotopic (exact) mass is 279 g/mol. The zero-order chi connectivity index (χ0) is 14.0. The maximum Gasteiger partial charge on any atom is 0.188 e. The molecule has 3 unspecified atom stereocenters. The topological polar surface area (TPSA) is 51.8 Å². The first-order chi connectivity index (χ1) is 8.95. The molecule has 0 amide bonds.